The smallest absolute Gasteiger partial charge is 0.0441 e. The van der Waals surface area contributed by atoms with E-state index < -0.39 is 0 Å². The van der Waals surface area contributed by atoms with Crippen LogP contribution in [0.2, 0.25) is 0 Å². The van der Waals surface area contributed by atoms with E-state index in [1.165, 1.54) is 61.8 Å². The van der Waals surface area contributed by atoms with Crippen LogP contribution in [0.25, 0.3) is 10.8 Å². The van der Waals surface area contributed by atoms with E-state index in [0.29, 0.717) is 5.92 Å². The molecule has 106 valence electrons. The third-order valence-corrected chi connectivity index (χ3v) is 4.49. The highest BCUT2D eigenvalue weighted by molar-refractivity contribution is 5.81. The van der Waals surface area contributed by atoms with Crippen LogP contribution < -0.4 is 0 Å². The van der Waals surface area contributed by atoms with Gasteiger partial charge in [0.15, 0.2) is 0 Å². The molecule has 1 aliphatic rings. The minimum Gasteiger partial charge on any atom is -0.303 e. The molecule has 2 aromatic rings. The van der Waals surface area contributed by atoms with Crippen molar-refractivity contribution in [2.75, 3.05) is 19.6 Å². The molecular weight excluding hydrogens is 244 g/mol. The van der Waals surface area contributed by atoms with Crippen LogP contribution in [-0.4, -0.2) is 29.5 Å². The monoisotopic (exact) mass is 268 g/mol. The third-order valence-electron chi connectivity index (χ3n) is 4.49. The molecule has 0 unspecified atom stereocenters. The summed E-state index contributed by atoms with van der Waals surface area (Å²) in [6.45, 7) is 6.01. The molecule has 1 fully saturated rings. The molecule has 0 aliphatic carbocycles. The van der Waals surface area contributed by atoms with Gasteiger partial charge >= 0.3 is 0 Å². The summed E-state index contributed by atoms with van der Waals surface area (Å²) < 4.78 is 0. The van der Waals surface area contributed by atoms with Gasteiger partial charge in [0.05, 0.1) is 0 Å². The summed E-state index contributed by atoms with van der Waals surface area (Å²) in [4.78, 5) is 7.31. The highest BCUT2D eigenvalue weighted by Gasteiger charge is 2.21. The third kappa shape index (κ3) is 3.01. The second-order valence-corrected chi connectivity index (χ2v) is 5.93. The maximum atomic E-state index is 4.70. The summed E-state index contributed by atoms with van der Waals surface area (Å²) >= 11 is 0. The first-order valence-corrected chi connectivity index (χ1v) is 7.94. The molecule has 0 saturated carbocycles. The minimum atomic E-state index is 0.650. The molecular formula is C18H24N2. The molecule has 1 aliphatic heterocycles. The van der Waals surface area contributed by atoms with Crippen molar-refractivity contribution in [1.29, 1.82) is 0 Å². The largest absolute Gasteiger partial charge is 0.303 e. The highest BCUT2D eigenvalue weighted by atomic mass is 15.1. The summed E-state index contributed by atoms with van der Waals surface area (Å²) in [6.07, 6.45) is 7.18. The van der Waals surface area contributed by atoms with Crippen molar-refractivity contribution in [2.45, 2.75) is 38.5 Å². The first-order valence-electron chi connectivity index (χ1n) is 7.94. The Morgan fingerprint density at radius 3 is 2.65 bits per heavy atom. The van der Waals surface area contributed by atoms with Crippen molar-refractivity contribution in [2.24, 2.45) is 0 Å². The van der Waals surface area contributed by atoms with Crippen LogP contribution in [0.3, 0.4) is 0 Å². The lowest BCUT2D eigenvalue weighted by molar-refractivity contribution is 0.208. The second kappa shape index (κ2) is 6.36. The van der Waals surface area contributed by atoms with Gasteiger partial charge in [-0.3, -0.25) is 4.98 Å². The Morgan fingerprint density at radius 1 is 1.15 bits per heavy atom. The zero-order chi connectivity index (χ0) is 13.8. The van der Waals surface area contributed by atoms with Crippen LogP contribution in [0.4, 0.5) is 0 Å². The average molecular weight is 268 g/mol. The van der Waals surface area contributed by atoms with Crippen molar-refractivity contribution in [1.82, 2.24) is 9.88 Å². The van der Waals surface area contributed by atoms with Crippen LogP contribution in [-0.2, 0) is 0 Å². The molecule has 1 aromatic heterocycles. The van der Waals surface area contributed by atoms with Gasteiger partial charge in [0.2, 0.25) is 0 Å². The SMILES string of the molecule is CCCCN1CCC(c2cc3ccccc3cn2)CC1. The predicted molar refractivity (Wildman–Crippen MR) is 85.1 cm³/mol. The molecule has 2 heterocycles. The standard InChI is InChI=1S/C18H24N2/c1-2-3-10-20-11-8-15(9-12-20)18-13-16-6-4-5-7-17(16)14-19-18/h4-7,13-15H,2-3,8-12H2,1H3. The lowest BCUT2D eigenvalue weighted by atomic mass is 9.92. The molecule has 3 rings (SSSR count). The summed E-state index contributed by atoms with van der Waals surface area (Å²) in [5, 5.41) is 2.57. The Morgan fingerprint density at radius 2 is 1.90 bits per heavy atom. The first kappa shape index (κ1) is 13.6. The van der Waals surface area contributed by atoms with Crippen LogP contribution in [0.15, 0.2) is 36.5 Å². The number of benzene rings is 1. The number of unbranched alkanes of at least 4 members (excludes halogenated alkanes) is 1. The molecule has 0 amide bonds. The van der Waals surface area contributed by atoms with E-state index in [0.717, 1.165) is 0 Å². The normalized spacial score (nSPS) is 17.6. The van der Waals surface area contributed by atoms with Crippen molar-refractivity contribution in [3.05, 3.63) is 42.2 Å². The molecule has 0 bridgehead atoms. The summed E-state index contributed by atoms with van der Waals surface area (Å²) in [5.41, 5.74) is 1.29. The maximum Gasteiger partial charge on any atom is 0.0441 e. The zero-order valence-electron chi connectivity index (χ0n) is 12.4. The number of piperidine rings is 1. The lowest BCUT2D eigenvalue weighted by Gasteiger charge is -2.31. The van der Waals surface area contributed by atoms with Crippen LogP contribution >= 0.6 is 0 Å². The minimum absolute atomic E-state index is 0.650. The van der Waals surface area contributed by atoms with Gasteiger partial charge in [0.25, 0.3) is 0 Å². The number of fused-ring (bicyclic) bond motifs is 1. The zero-order valence-corrected chi connectivity index (χ0v) is 12.4. The van der Waals surface area contributed by atoms with Crippen LogP contribution in [0.1, 0.15) is 44.2 Å². The number of rotatable bonds is 4. The molecule has 0 spiro atoms. The summed E-state index contributed by atoms with van der Waals surface area (Å²) in [5.74, 6) is 0.650. The Balaban J connectivity index is 1.67. The maximum absolute atomic E-state index is 4.70. The van der Waals surface area contributed by atoms with Crippen LogP contribution in [0, 0.1) is 0 Å². The molecule has 1 saturated heterocycles. The lowest BCUT2D eigenvalue weighted by Crippen LogP contribution is -2.33. The van der Waals surface area contributed by atoms with Crippen molar-refractivity contribution in [3.63, 3.8) is 0 Å². The van der Waals surface area contributed by atoms with Crippen molar-refractivity contribution in [3.8, 4) is 0 Å². The van der Waals surface area contributed by atoms with Gasteiger partial charge in [-0.15, -0.1) is 0 Å². The Hall–Kier alpha value is -1.41. The number of aromatic nitrogens is 1. The number of hydrogen-bond donors (Lipinski definition) is 0. The molecule has 0 N–H and O–H groups in total. The number of hydrogen-bond acceptors (Lipinski definition) is 2. The van der Waals surface area contributed by atoms with E-state index in [1.54, 1.807) is 0 Å². The fourth-order valence-electron chi connectivity index (χ4n) is 3.16. The van der Waals surface area contributed by atoms with E-state index in [-0.39, 0.29) is 0 Å². The van der Waals surface area contributed by atoms with E-state index in [2.05, 4.69) is 42.2 Å². The van der Waals surface area contributed by atoms with Gasteiger partial charge in [-0.25, -0.2) is 0 Å². The van der Waals surface area contributed by atoms with E-state index in [9.17, 15) is 0 Å². The number of pyridine rings is 1. The first-order chi connectivity index (χ1) is 9.86. The van der Waals surface area contributed by atoms with E-state index in [4.69, 9.17) is 4.98 Å². The molecule has 0 radical (unpaired) electrons. The molecule has 2 heteroatoms. The van der Waals surface area contributed by atoms with E-state index in [1.807, 2.05) is 6.20 Å². The Labute approximate surface area is 121 Å². The Kier molecular flexibility index (Phi) is 4.31. The fourth-order valence-corrected chi connectivity index (χ4v) is 3.16. The molecule has 2 nitrogen and oxygen atoms in total. The van der Waals surface area contributed by atoms with Gasteiger partial charge in [0.1, 0.15) is 0 Å². The highest BCUT2D eigenvalue weighted by Crippen LogP contribution is 2.28. The summed E-state index contributed by atoms with van der Waals surface area (Å²) in [6, 6.07) is 10.8. The quantitative estimate of drug-likeness (QED) is 0.825. The molecule has 0 atom stereocenters. The average Bonchev–Trinajstić information content (AvgIpc) is 2.53. The predicted octanol–water partition coefficient (Wildman–Crippen LogP) is 4.21. The van der Waals surface area contributed by atoms with E-state index >= 15 is 0 Å². The van der Waals surface area contributed by atoms with Gasteiger partial charge in [-0.2, -0.15) is 0 Å². The topological polar surface area (TPSA) is 16.1 Å². The summed E-state index contributed by atoms with van der Waals surface area (Å²) in [7, 11) is 0. The second-order valence-electron chi connectivity index (χ2n) is 5.93. The van der Waals surface area contributed by atoms with Crippen molar-refractivity contribution < 1.29 is 0 Å². The van der Waals surface area contributed by atoms with Crippen molar-refractivity contribution >= 4 is 10.8 Å². The molecule has 20 heavy (non-hydrogen) atoms. The number of likely N-dealkylation sites (tertiary alicyclic amines) is 1. The fraction of sp³-hybridized carbons (Fsp3) is 0.500. The molecule has 1 aromatic carbocycles. The van der Waals surface area contributed by atoms with Gasteiger partial charge in [-0.1, -0.05) is 37.6 Å². The van der Waals surface area contributed by atoms with Gasteiger partial charge in [-0.05, 0) is 50.3 Å². The Bertz CT molecular complexity index is 556. The number of nitrogens with zero attached hydrogens (tertiary/aromatic N) is 2. The van der Waals surface area contributed by atoms with Crippen LogP contribution in [0.5, 0.6) is 0 Å². The van der Waals surface area contributed by atoms with Gasteiger partial charge < -0.3 is 4.90 Å². The van der Waals surface area contributed by atoms with Gasteiger partial charge in [0, 0.05) is 23.2 Å².